The number of benzene rings is 1. The highest BCUT2D eigenvalue weighted by molar-refractivity contribution is 5.85. The first-order valence-corrected chi connectivity index (χ1v) is 9.98. The van der Waals surface area contributed by atoms with E-state index in [9.17, 15) is 4.79 Å². The number of carbonyl (C=O) groups is 1. The Labute approximate surface area is 167 Å². The lowest BCUT2D eigenvalue weighted by Gasteiger charge is -2.38. The second-order valence-corrected chi connectivity index (χ2v) is 8.27. The van der Waals surface area contributed by atoms with Gasteiger partial charge < -0.3 is 25.0 Å². The molecule has 2 atom stereocenters. The van der Waals surface area contributed by atoms with Gasteiger partial charge in [-0.15, -0.1) is 0 Å². The fraction of sp³-hybridized carbons (Fsp3) is 0.619. The minimum absolute atomic E-state index is 0.0362. The molecule has 7 heteroatoms. The topological polar surface area (TPSA) is 75.2 Å². The number of para-hydroxylation sites is 1. The Hall–Kier alpha value is -2.28. The van der Waals surface area contributed by atoms with Gasteiger partial charge in [0, 0.05) is 39.2 Å². The molecule has 28 heavy (non-hydrogen) atoms. The summed E-state index contributed by atoms with van der Waals surface area (Å²) in [4.78, 5) is 18.1. The molecule has 1 aromatic carbocycles. The summed E-state index contributed by atoms with van der Waals surface area (Å²) in [5.74, 6) is 1.48. The standard InChI is InChI=1S/C21H32N4O3/c1-21(2)12-17(16-9-5-6-10-18(16)28-21)24-20(23-14-19(26)25(3)4)22-13-15-8-7-11-27-15/h5-6,9-10,15,17H,7-8,11-14H2,1-4H3,(H2,22,23,24). The van der Waals surface area contributed by atoms with Gasteiger partial charge in [0.2, 0.25) is 5.91 Å². The van der Waals surface area contributed by atoms with Gasteiger partial charge in [-0.05, 0) is 32.8 Å². The predicted octanol–water partition coefficient (Wildman–Crippen LogP) is 2.09. The van der Waals surface area contributed by atoms with E-state index in [1.54, 1.807) is 19.0 Å². The lowest BCUT2D eigenvalue weighted by atomic mass is 9.90. The van der Waals surface area contributed by atoms with Crippen LogP contribution in [0.2, 0.25) is 0 Å². The number of hydrogen-bond acceptors (Lipinski definition) is 4. The van der Waals surface area contributed by atoms with Crippen LogP contribution < -0.4 is 15.4 Å². The second-order valence-electron chi connectivity index (χ2n) is 8.27. The van der Waals surface area contributed by atoms with Crippen LogP contribution in [0.4, 0.5) is 0 Å². The molecule has 0 aromatic heterocycles. The van der Waals surface area contributed by atoms with Crippen molar-refractivity contribution < 1.29 is 14.3 Å². The van der Waals surface area contributed by atoms with E-state index in [4.69, 9.17) is 9.47 Å². The van der Waals surface area contributed by atoms with Gasteiger partial charge in [-0.3, -0.25) is 4.79 Å². The summed E-state index contributed by atoms with van der Waals surface area (Å²) < 4.78 is 11.8. The number of amides is 1. The molecule has 2 aliphatic rings. The lowest BCUT2D eigenvalue weighted by Crippen LogP contribution is -2.47. The fourth-order valence-electron chi connectivity index (χ4n) is 3.55. The molecule has 2 N–H and O–H groups in total. The minimum atomic E-state index is -0.287. The van der Waals surface area contributed by atoms with E-state index >= 15 is 0 Å². The Kier molecular flexibility index (Phi) is 6.44. The maximum Gasteiger partial charge on any atom is 0.243 e. The van der Waals surface area contributed by atoms with Crippen molar-refractivity contribution in [2.24, 2.45) is 4.99 Å². The van der Waals surface area contributed by atoms with Crippen molar-refractivity contribution in [3.05, 3.63) is 29.8 Å². The maximum atomic E-state index is 12.0. The summed E-state index contributed by atoms with van der Waals surface area (Å²) in [5.41, 5.74) is 0.817. The zero-order valence-corrected chi connectivity index (χ0v) is 17.3. The molecular formula is C21H32N4O3. The number of nitrogens with one attached hydrogen (secondary N) is 2. The number of nitrogens with zero attached hydrogens (tertiary/aromatic N) is 2. The zero-order valence-electron chi connectivity index (χ0n) is 17.3. The first-order chi connectivity index (χ1) is 13.3. The summed E-state index contributed by atoms with van der Waals surface area (Å²) in [5, 5.41) is 6.88. The molecule has 3 rings (SSSR count). The van der Waals surface area contributed by atoms with E-state index in [2.05, 4.69) is 35.5 Å². The molecule has 1 amide bonds. The number of carbonyl (C=O) groups excluding carboxylic acids is 1. The van der Waals surface area contributed by atoms with Crippen LogP contribution in [0.1, 0.15) is 44.7 Å². The summed E-state index contributed by atoms with van der Waals surface area (Å²) in [6.07, 6.45) is 3.12. The number of guanidine groups is 1. The van der Waals surface area contributed by atoms with Gasteiger partial charge in [0.05, 0.1) is 12.1 Å². The first kappa shape index (κ1) is 20.5. The fourth-order valence-corrected chi connectivity index (χ4v) is 3.55. The van der Waals surface area contributed by atoms with Crippen LogP contribution in [0.5, 0.6) is 5.75 Å². The van der Waals surface area contributed by atoms with Crippen molar-refractivity contribution in [3.63, 3.8) is 0 Å². The zero-order chi connectivity index (χ0) is 20.1. The number of fused-ring (bicyclic) bond motifs is 1. The highest BCUT2D eigenvalue weighted by Crippen LogP contribution is 2.39. The molecular weight excluding hydrogens is 356 g/mol. The highest BCUT2D eigenvalue weighted by atomic mass is 16.5. The third-order valence-corrected chi connectivity index (χ3v) is 5.08. The summed E-state index contributed by atoms with van der Waals surface area (Å²) >= 11 is 0. The smallest absolute Gasteiger partial charge is 0.243 e. The van der Waals surface area contributed by atoms with E-state index < -0.39 is 0 Å². The van der Waals surface area contributed by atoms with Crippen LogP contribution in [-0.2, 0) is 9.53 Å². The molecule has 0 bridgehead atoms. The maximum absolute atomic E-state index is 12.0. The lowest BCUT2D eigenvalue weighted by molar-refractivity contribution is -0.127. The molecule has 154 valence electrons. The molecule has 2 unspecified atom stereocenters. The van der Waals surface area contributed by atoms with Crippen molar-refractivity contribution in [1.29, 1.82) is 0 Å². The quantitative estimate of drug-likeness (QED) is 0.597. The second kappa shape index (κ2) is 8.82. The van der Waals surface area contributed by atoms with Crippen molar-refractivity contribution in [2.75, 3.05) is 33.8 Å². The van der Waals surface area contributed by atoms with Crippen LogP contribution >= 0.6 is 0 Å². The Morgan fingerprint density at radius 1 is 1.32 bits per heavy atom. The van der Waals surface area contributed by atoms with Crippen molar-refractivity contribution in [2.45, 2.75) is 50.9 Å². The van der Waals surface area contributed by atoms with Gasteiger partial charge in [0.1, 0.15) is 17.9 Å². The number of likely N-dealkylation sites (N-methyl/N-ethyl adjacent to an activating group) is 1. The van der Waals surface area contributed by atoms with Crippen LogP contribution in [0.3, 0.4) is 0 Å². The van der Waals surface area contributed by atoms with Crippen LogP contribution in [0.25, 0.3) is 0 Å². The third-order valence-electron chi connectivity index (χ3n) is 5.08. The van der Waals surface area contributed by atoms with E-state index in [0.717, 1.165) is 37.2 Å². The normalized spacial score (nSPS) is 23.5. The average molecular weight is 389 g/mol. The Balaban J connectivity index is 1.75. The summed E-state index contributed by atoms with van der Waals surface area (Å²) in [6.45, 7) is 5.76. The Morgan fingerprint density at radius 2 is 2.11 bits per heavy atom. The van der Waals surface area contributed by atoms with Crippen molar-refractivity contribution >= 4 is 11.9 Å². The van der Waals surface area contributed by atoms with Gasteiger partial charge >= 0.3 is 0 Å². The first-order valence-electron chi connectivity index (χ1n) is 9.98. The Morgan fingerprint density at radius 3 is 2.82 bits per heavy atom. The Bertz CT molecular complexity index is 711. The van der Waals surface area contributed by atoms with Gasteiger partial charge in [0.15, 0.2) is 5.96 Å². The van der Waals surface area contributed by atoms with Crippen LogP contribution in [-0.4, -0.2) is 62.3 Å². The largest absolute Gasteiger partial charge is 0.487 e. The van der Waals surface area contributed by atoms with Gasteiger partial charge in [-0.25, -0.2) is 4.99 Å². The number of rotatable bonds is 5. The molecule has 2 aliphatic heterocycles. The van der Waals surface area contributed by atoms with Gasteiger partial charge in [-0.2, -0.15) is 0 Å². The monoisotopic (exact) mass is 388 g/mol. The van der Waals surface area contributed by atoms with Crippen molar-refractivity contribution in [1.82, 2.24) is 15.5 Å². The number of aliphatic imine (C=N–C) groups is 1. The van der Waals surface area contributed by atoms with E-state index in [0.29, 0.717) is 12.5 Å². The van der Waals surface area contributed by atoms with Gasteiger partial charge in [0.25, 0.3) is 0 Å². The van der Waals surface area contributed by atoms with Crippen LogP contribution in [0.15, 0.2) is 29.3 Å². The predicted molar refractivity (Wildman–Crippen MR) is 110 cm³/mol. The molecule has 0 radical (unpaired) electrons. The number of hydrogen-bond donors (Lipinski definition) is 2. The minimum Gasteiger partial charge on any atom is -0.487 e. The summed E-state index contributed by atoms with van der Waals surface area (Å²) in [7, 11) is 3.48. The highest BCUT2D eigenvalue weighted by Gasteiger charge is 2.34. The number of ether oxygens (including phenoxy) is 2. The molecule has 2 heterocycles. The molecule has 7 nitrogen and oxygen atoms in total. The molecule has 1 saturated heterocycles. The van der Waals surface area contributed by atoms with Gasteiger partial charge in [-0.1, -0.05) is 18.2 Å². The SMILES string of the molecule is CN(C)C(=O)CN=C(NCC1CCCO1)NC1CC(C)(C)Oc2ccccc21. The molecule has 1 aromatic rings. The van der Waals surface area contributed by atoms with E-state index in [1.165, 1.54) is 0 Å². The summed E-state index contributed by atoms with van der Waals surface area (Å²) in [6, 6.07) is 8.12. The molecule has 1 fully saturated rings. The molecule has 0 saturated carbocycles. The average Bonchev–Trinajstić information content (AvgIpc) is 3.16. The van der Waals surface area contributed by atoms with Crippen molar-refractivity contribution in [3.8, 4) is 5.75 Å². The molecule has 0 spiro atoms. The van der Waals surface area contributed by atoms with E-state index in [-0.39, 0.29) is 30.2 Å². The third kappa shape index (κ3) is 5.38. The van der Waals surface area contributed by atoms with E-state index in [1.807, 2.05) is 18.2 Å². The van der Waals surface area contributed by atoms with Crippen LogP contribution in [0, 0.1) is 0 Å². The molecule has 0 aliphatic carbocycles.